The first-order chi connectivity index (χ1) is 11.6. The van der Waals surface area contributed by atoms with Crippen molar-refractivity contribution in [1.82, 2.24) is 4.90 Å². The predicted octanol–water partition coefficient (Wildman–Crippen LogP) is 1.06. The Morgan fingerprint density at radius 3 is 2.50 bits per heavy atom. The maximum atomic E-state index is 12.3. The summed E-state index contributed by atoms with van der Waals surface area (Å²) in [6.07, 6.45) is 0.286. The molecule has 0 atom stereocenters. The van der Waals surface area contributed by atoms with Gasteiger partial charge in [0, 0.05) is 44.7 Å². The van der Waals surface area contributed by atoms with Crippen LogP contribution in [0.4, 0.5) is 5.69 Å². The fourth-order valence-corrected chi connectivity index (χ4v) is 2.85. The molecular formula is C17H22N2O5. The summed E-state index contributed by atoms with van der Waals surface area (Å²) in [5, 5.41) is 0. The summed E-state index contributed by atoms with van der Waals surface area (Å²) in [6.45, 7) is 5.23. The number of ether oxygens (including phenoxy) is 3. The van der Waals surface area contributed by atoms with Crippen molar-refractivity contribution in [1.29, 1.82) is 0 Å². The third-order valence-electron chi connectivity index (χ3n) is 4.13. The molecule has 24 heavy (non-hydrogen) atoms. The number of rotatable bonds is 4. The van der Waals surface area contributed by atoms with E-state index < -0.39 is 0 Å². The second-order valence-electron chi connectivity index (χ2n) is 5.74. The molecule has 0 N–H and O–H groups in total. The Balaban J connectivity index is 1.66. The second kappa shape index (κ2) is 7.53. The zero-order chi connectivity index (χ0) is 16.9. The molecule has 7 heteroatoms. The van der Waals surface area contributed by atoms with Gasteiger partial charge in [-0.1, -0.05) is 0 Å². The topological polar surface area (TPSA) is 68.3 Å². The molecule has 0 aromatic heterocycles. The summed E-state index contributed by atoms with van der Waals surface area (Å²) in [5.41, 5.74) is 0.710. The van der Waals surface area contributed by atoms with Gasteiger partial charge in [-0.05, 0) is 12.1 Å². The summed E-state index contributed by atoms with van der Waals surface area (Å²) in [4.78, 5) is 27.7. The summed E-state index contributed by atoms with van der Waals surface area (Å²) in [5.74, 6) is 1.24. The minimum atomic E-state index is -0.110. The molecule has 1 aromatic rings. The van der Waals surface area contributed by atoms with Crippen LogP contribution in [-0.2, 0) is 14.3 Å². The highest BCUT2D eigenvalue weighted by Crippen LogP contribution is 2.34. The number of carbonyl (C=O) groups is 2. The molecule has 0 saturated carbocycles. The van der Waals surface area contributed by atoms with Crippen LogP contribution >= 0.6 is 0 Å². The molecule has 1 fully saturated rings. The number of fused-ring (bicyclic) bond motifs is 1. The standard InChI is InChI=1S/C17H22N2O5/c1-13(20)19(5-4-17(21)18-6-8-22-9-7-18)14-2-3-15-16(12-14)24-11-10-23-15/h2-3,12H,4-11H2,1H3. The Labute approximate surface area is 141 Å². The SMILES string of the molecule is CC(=O)N(CCC(=O)N1CCOCC1)c1ccc2c(c1)OCCO2. The molecule has 130 valence electrons. The minimum Gasteiger partial charge on any atom is -0.486 e. The lowest BCUT2D eigenvalue weighted by molar-refractivity contribution is -0.135. The maximum absolute atomic E-state index is 12.3. The first kappa shape index (κ1) is 16.6. The Morgan fingerprint density at radius 1 is 1.08 bits per heavy atom. The zero-order valence-electron chi connectivity index (χ0n) is 13.8. The average Bonchev–Trinajstić information content (AvgIpc) is 2.62. The van der Waals surface area contributed by atoms with E-state index in [9.17, 15) is 9.59 Å². The second-order valence-corrected chi connectivity index (χ2v) is 5.74. The number of hydrogen-bond donors (Lipinski definition) is 0. The number of morpholine rings is 1. The molecule has 0 radical (unpaired) electrons. The van der Waals surface area contributed by atoms with Gasteiger partial charge in [-0.2, -0.15) is 0 Å². The molecule has 2 aliphatic heterocycles. The van der Waals surface area contributed by atoms with Crippen LogP contribution in [0.15, 0.2) is 18.2 Å². The number of carbonyl (C=O) groups excluding carboxylic acids is 2. The molecule has 2 heterocycles. The lowest BCUT2D eigenvalue weighted by atomic mass is 10.2. The van der Waals surface area contributed by atoms with E-state index in [0.29, 0.717) is 63.2 Å². The van der Waals surface area contributed by atoms with Gasteiger partial charge >= 0.3 is 0 Å². The fourth-order valence-electron chi connectivity index (χ4n) is 2.85. The van der Waals surface area contributed by atoms with Crippen LogP contribution in [-0.4, -0.2) is 62.8 Å². The van der Waals surface area contributed by atoms with Crippen LogP contribution in [0.1, 0.15) is 13.3 Å². The monoisotopic (exact) mass is 334 g/mol. The summed E-state index contributed by atoms with van der Waals surface area (Å²) < 4.78 is 16.3. The molecule has 1 saturated heterocycles. The number of anilines is 1. The Bertz CT molecular complexity index is 613. The number of hydrogen-bond acceptors (Lipinski definition) is 5. The Hall–Kier alpha value is -2.28. The van der Waals surface area contributed by atoms with E-state index >= 15 is 0 Å². The van der Waals surface area contributed by atoms with Crippen molar-refractivity contribution >= 4 is 17.5 Å². The van der Waals surface area contributed by atoms with Crippen molar-refractivity contribution in [3.63, 3.8) is 0 Å². The number of amides is 2. The smallest absolute Gasteiger partial charge is 0.224 e. The van der Waals surface area contributed by atoms with E-state index in [2.05, 4.69) is 0 Å². The number of benzene rings is 1. The third-order valence-corrected chi connectivity index (χ3v) is 4.13. The zero-order valence-corrected chi connectivity index (χ0v) is 13.8. The highest BCUT2D eigenvalue weighted by Gasteiger charge is 2.21. The van der Waals surface area contributed by atoms with Gasteiger partial charge in [0.2, 0.25) is 11.8 Å². The maximum Gasteiger partial charge on any atom is 0.224 e. The molecule has 7 nitrogen and oxygen atoms in total. The van der Waals surface area contributed by atoms with Gasteiger partial charge in [-0.25, -0.2) is 0 Å². The van der Waals surface area contributed by atoms with E-state index in [1.807, 2.05) is 6.07 Å². The molecule has 0 spiro atoms. The first-order valence-electron chi connectivity index (χ1n) is 8.18. The van der Waals surface area contributed by atoms with Crippen molar-refractivity contribution in [2.45, 2.75) is 13.3 Å². The van der Waals surface area contributed by atoms with E-state index in [-0.39, 0.29) is 18.2 Å². The van der Waals surface area contributed by atoms with Gasteiger partial charge in [0.25, 0.3) is 0 Å². The van der Waals surface area contributed by atoms with Crippen molar-refractivity contribution in [3.05, 3.63) is 18.2 Å². The van der Waals surface area contributed by atoms with Crippen molar-refractivity contribution in [3.8, 4) is 11.5 Å². The fraction of sp³-hybridized carbons (Fsp3) is 0.529. The van der Waals surface area contributed by atoms with Gasteiger partial charge < -0.3 is 24.0 Å². The van der Waals surface area contributed by atoms with Crippen LogP contribution in [0.2, 0.25) is 0 Å². The lowest BCUT2D eigenvalue weighted by Gasteiger charge is -2.28. The molecule has 0 unspecified atom stereocenters. The van der Waals surface area contributed by atoms with Crippen LogP contribution in [0.5, 0.6) is 11.5 Å². The highest BCUT2D eigenvalue weighted by molar-refractivity contribution is 5.92. The van der Waals surface area contributed by atoms with Gasteiger partial charge in [0.15, 0.2) is 11.5 Å². The lowest BCUT2D eigenvalue weighted by Crippen LogP contribution is -2.42. The molecule has 2 aliphatic rings. The first-order valence-corrected chi connectivity index (χ1v) is 8.18. The van der Waals surface area contributed by atoms with E-state index in [0.717, 1.165) is 0 Å². The normalized spacial score (nSPS) is 16.6. The summed E-state index contributed by atoms with van der Waals surface area (Å²) in [7, 11) is 0. The molecule has 3 rings (SSSR count). The van der Waals surface area contributed by atoms with Gasteiger partial charge in [0.1, 0.15) is 13.2 Å². The van der Waals surface area contributed by atoms with Crippen LogP contribution in [0.3, 0.4) is 0 Å². The van der Waals surface area contributed by atoms with Gasteiger partial charge in [-0.15, -0.1) is 0 Å². The minimum absolute atomic E-state index is 0.0436. The van der Waals surface area contributed by atoms with E-state index in [4.69, 9.17) is 14.2 Å². The van der Waals surface area contributed by atoms with Crippen LogP contribution in [0, 0.1) is 0 Å². The summed E-state index contributed by atoms with van der Waals surface area (Å²) in [6, 6.07) is 5.40. The van der Waals surface area contributed by atoms with Gasteiger partial charge in [-0.3, -0.25) is 9.59 Å². The van der Waals surface area contributed by atoms with Gasteiger partial charge in [0.05, 0.1) is 13.2 Å². The molecular weight excluding hydrogens is 312 g/mol. The van der Waals surface area contributed by atoms with Crippen molar-refractivity contribution in [2.24, 2.45) is 0 Å². The molecule has 0 aliphatic carbocycles. The molecule has 1 aromatic carbocycles. The highest BCUT2D eigenvalue weighted by atomic mass is 16.6. The predicted molar refractivity (Wildman–Crippen MR) is 87.5 cm³/mol. The quantitative estimate of drug-likeness (QED) is 0.824. The van der Waals surface area contributed by atoms with E-state index in [1.165, 1.54) is 6.92 Å². The van der Waals surface area contributed by atoms with E-state index in [1.54, 1.807) is 21.9 Å². The Morgan fingerprint density at radius 2 is 1.79 bits per heavy atom. The van der Waals surface area contributed by atoms with Crippen LogP contribution in [0.25, 0.3) is 0 Å². The molecule has 0 bridgehead atoms. The molecule has 2 amide bonds. The largest absolute Gasteiger partial charge is 0.486 e. The third kappa shape index (κ3) is 3.79. The van der Waals surface area contributed by atoms with Crippen molar-refractivity contribution in [2.75, 3.05) is 51.0 Å². The summed E-state index contributed by atoms with van der Waals surface area (Å²) >= 11 is 0. The van der Waals surface area contributed by atoms with Crippen molar-refractivity contribution < 1.29 is 23.8 Å². The Kier molecular flexibility index (Phi) is 5.20. The average molecular weight is 334 g/mol. The number of nitrogens with zero attached hydrogens (tertiary/aromatic N) is 2. The van der Waals surface area contributed by atoms with Crippen LogP contribution < -0.4 is 14.4 Å².